The van der Waals surface area contributed by atoms with Gasteiger partial charge in [0.1, 0.15) is 0 Å². The summed E-state index contributed by atoms with van der Waals surface area (Å²) in [5.41, 5.74) is 0. The Morgan fingerprint density at radius 3 is 2.24 bits per heavy atom. The Balaban J connectivity index is 2.41. The largest absolute Gasteiger partial charge is 0.315 e. The first-order chi connectivity index (χ1) is 8.19. The van der Waals surface area contributed by atoms with E-state index in [2.05, 4.69) is 38.2 Å². The molecule has 2 atom stereocenters. The van der Waals surface area contributed by atoms with Crippen LogP contribution in [0.2, 0.25) is 0 Å². The first kappa shape index (κ1) is 15.0. The second-order valence-corrected chi connectivity index (χ2v) is 5.87. The van der Waals surface area contributed by atoms with Crippen LogP contribution < -0.4 is 5.32 Å². The quantitative estimate of drug-likeness (QED) is 0.717. The maximum Gasteiger partial charge on any atom is 0.0217 e. The minimum Gasteiger partial charge on any atom is -0.315 e. The van der Waals surface area contributed by atoms with E-state index in [1.54, 1.807) is 0 Å². The van der Waals surface area contributed by atoms with Crippen molar-refractivity contribution in [3.05, 3.63) is 0 Å². The summed E-state index contributed by atoms with van der Waals surface area (Å²) in [6, 6.07) is 1.48. The van der Waals surface area contributed by atoms with Crippen LogP contribution in [0, 0.1) is 5.92 Å². The molecule has 1 saturated carbocycles. The fourth-order valence-electron chi connectivity index (χ4n) is 3.00. The molecular formula is C15H32N2. The minimum atomic E-state index is 0.647. The molecule has 1 fully saturated rings. The average Bonchev–Trinajstić information content (AvgIpc) is 2.63. The van der Waals surface area contributed by atoms with Crippen molar-refractivity contribution in [3.8, 4) is 0 Å². The lowest BCUT2D eigenvalue weighted by Gasteiger charge is -2.33. The van der Waals surface area contributed by atoms with E-state index in [1.807, 2.05) is 0 Å². The summed E-state index contributed by atoms with van der Waals surface area (Å²) in [6.45, 7) is 5.86. The second kappa shape index (κ2) is 8.10. The molecule has 0 bridgehead atoms. The van der Waals surface area contributed by atoms with Gasteiger partial charge in [0.05, 0.1) is 0 Å². The molecule has 1 N–H and O–H groups in total. The molecule has 1 aliphatic rings. The van der Waals surface area contributed by atoms with Gasteiger partial charge in [-0.2, -0.15) is 0 Å². The Kier molecular flexibility index (Phi) is 7.14. The Labute approximate surface area is 108 Å². The van der Waals surface area contributed by atoms with E-state index in [1.165, 1.54) is 51.5 Å². The third kappa shape index (κ3) is 4.97. The van der Waals surface area contributed by atoms with Gasteiger partial charge in [0, 0.05) is 18.6 Å². The van der Waals surface area contributed by atoms with E-state index in [4.69, 9.17) is 0 Å². The number of hydrogen-bond acceptors (Lipinski definition) is 2. The molecule has 1 rings (SSSR count). The predicted molar refractivity (Wildman–Crippen MR) is 76.4 cm³/mol. The van der Waals surface area contributed by atoms with Crippen LogP contribution in [0.25, 0.3) is 0 Å². The molecular weight excluding hydrogens is 208 g/mol. The molecule has 0 aromatic rings. The van der Waals surface area contributed by atoms with Crippen LogP contribution in [0.4, 0.5) is 0 Å². The predicted octanol–water partition coefficient (Wildman–Crippen LogP) is 3.28. The van der Waals surface area contributed by atoms with E-state index in [0.29, 0.717) is 6.04 Å². The lowest BCUT2D eigenvalue weighted by Crippen LogP contribution is -2.45. The zero-order chi connectivity index (χ0) is 12.7. The maximum atomic E-state index is 3.50. The van der Waals surface area contributed by atoms with Gasteiger partial charge in [-0.3, -0.25) is 0 Å². The van der Waals surface area contributed by atoms with Gasteiger partial charge >= 0.3 is 0 Å². The average molecular weight is 240 g/mol. The summed E-state index contributed by atoms with van der Waals surface area (Å²) in [6.07, 6.45) is 9.85. The molecule has 2 nitrogen and oxygen atoms in total. The van der Waals surface area contributed by atoms with Crippen LogP contribution in [0.3, 0.4) is 0 Å². The summed E-state index contributed by atoms with van der Waals surface area (Å²) < 4.78 is 0. The molecule has 0 amide bonds. The molecule has 1 aliphatic carbocycles. The van der Waals surface area contributed by atoms with Gasteiger partial charge in [-0.1, -0.05) is 46.0 Å². The van der Waals surface area contributed by atoms with Gasteiger partial charge in [-0.05, 0) is 32.9 Å². The summed E-state index contributed by atoms with van der Waals surface area (Å²) in [4.78, 5) is 2.61. The van der Waals surface area contributed by atoms with Gasteiger partial charge in [-0.25, -0.2) is 0 Å². The summed E-state index contributed by atoms with van der Waals surface area (Å²) in [7, 11) is 4.43. The Morgan fingerprint density at radius 1 is 1.18 bits per heavy atom. The fourth-order valence-corrected chi connectivity index (χ4v) is 3.00. The Bertz CT molecular complexity index is 185. The Hall–Kier alpha value is -0.0800. The maximum absolute atomic E-state index is 3.50. The summed E-state index contributed by atoms with van der Waals surface area (Å²) in [5, 5.41) is 3.50. The highest BCUT2D eigenvalue weighted by atomic mass is 15.2. The summed E-state index contributed by atoms with van der Waals surface area (Å²) >= 11 is 0. The molecule has 0 spiro atoms. The number of nitrogens with one attached hydrogen (secondary N) is 1. The monoisotopic (exact) mass is 240 g/mol. The molecule has 2 heteroatoms. The van der Waals surface area contributed by atoms with Crippen molar-refractivity contribution >= 4 is 0 Å². The zero-order valence-electron chi connectivity index (χ0n) is 12.3. The van der Waals surface area contributed by atoms with Crippen molar-refractivity contribution in [1.29, 1.82) is 0 Å². The second-order valence-electron chi connectivity index (χ2n) is 5.87. The normalized spacial score (nSPS) is 22.4. The molecule has 0 saturated heterocycles. The fraction of sp³-hybridized carbons (Fsp3) is 1.00. The highest BCUT2D eigenvalue weighted by Crippen LogP contribution is 2.21. The number of rotatable bonds is 6. The van der Waals surface area contributed by atoms with Gasteiger partial charge in [0.25, 0.3) is 0 Å². The molecule has 2 unspecified atom stereocenters. The van der Waals surface area contributed by atoms with Gasteiger partial charge in [0.15, 0.2) is 0 Å². The molecule has 0 radical (unpaired) electrons. The van der Waals surface area contributed by atoms with Crippen LogP contribution >= 0.6 is 0 Å². The van der Waals surface area contributed by atoms with Gasteiger partial charge in [-0.15, -0.1) is 0 Å². The van der Waals surface area contributed by atoms with Crippen LogP contribution in [-0.4, -0.2) is 37.6 Å². The Morgan fingerprint density at radius 2 is 1.76 bits per heavy atom. The van der Waals surface area contributed by atoms with E-state index in [0.717, 1.165) is 12.0 Å². The van der Waals surface area contributed by atoms with Gasteiger partial charge < -0.3 is 10.2 Å². The smallest absolute Gasteiger partial charge is 0.0217 e. The molecule has 0 heterocycles. The zero-order valence-corrected chi connectivity index (χ0v) is 12.3. The van der Waals surface area contributed by atoms with Crippen molar-refractivity contribution in [2.24, 2.45) is 5.92 Å². The van der Waals surface area contributed by atoms with E-state index >= 15 is 0 Å². The highest BCUT2D eigenvalue weighted by molar-refractivity contribution is 4.79. The number of likely N-dealkylation sites (N-methyl/N-ethyl adjacent to an activating group) is 2. The van der Waals surface area contributed by atoms with Crippen LogP contribution in [-0.2, 0) is 0 Å². The van der Waals surface area contributed by atoms with Crippen LogP contribution in [0.1, 0.15) is 58.8 Å². The minimum absolute atomic E-state index is 0.647. The molecule has 0 aromatic heterocycles. The number of nitrogens with zero attached hydrogens (tertiary/aromatic N) is 1. The third-order valence-electron chi connectivity index (χ3n) is 4.63. The SMILES string of the molecule is CCC(C)C(CN(C)C1CCCCCC1)NC. The van der Waals surface area contributed by atoms with E-state index in [9.17, 15) is 0 Å². The first-order valence-corrected chi connectivity index (χ1v) is 7.56. The number of hydrogen-bond donors (Lipinski definition) is 1. The van der Waals surface area contributed by atoms with Crippen molar-refractivity contribution in [2.75, 3.05) is 20.6 Å². The lowest BCUT2D eigenvalue weighted by atomic mass is 9.97. The molecule has 0 aliphatic heterocycles. The lowest BCUT2D eigenvalue weighted by molar-refractivity contribution is 0.181. The van der Waals surface area contributed by atoms with Crippen molar-refractivity contribution in [3.63, 3.8) is 0 Å². The van der Waals surface area contributed by atoms with Crippen molar-refractivity contribution < 1.29 is 0 Å². The molecule has 0 aromatic carbocycles. The topological polar surface area (TPSA) is 15.3 Å². The standard InChI is InChI=1S/C15H32N2/c1-5-13(2)15(16-3)12-17(4)14-10-8-6-7-9-11-14/h13-16H,5-12H2,1-4H3. The van der Waals surface area contributed by atoms with E-state index in [-0.39, 0.29) is 0 Å². The molecule has 17 heavy (non-hydrogen) atoms. The highest BCUT2D eigenvalue weighted by Gasteiger charge is 2.21. The van der Waals surface area contributed by atoms with E-state index < -0.39 is 0 Å². The van der Waals surface area contributed by atoms with Crippen molar-refractivity contribution in [1.82, 2.24) is 10.2 Å². The third-order valence-corrected chi connectivity index (χ3v) is 4.63. The first-order valence-electron chi connectivity index (χ1n) is 7.56. The van der Waals surface area contributed by atoms with Crippen molar-refractivity contribution in [2.45, 2.75) is 70.9 Å². The summed E-state index contributed by atoms with van der Waals surface area (Å²) in [5.74, 6) is 0.772. The molecule has 102 valence electrons. The van der Waals surface area contributed by atoms with Crippen LogP contribution in [0.5, 0.6) is 0 Å². The van der Waals surface area contributed by atoms with Gasteiger partial charge in [0.2, 0.25) is 0 Å². The van der Waals surface area contributed by atoms with Crippen LogP contribution in [0.15, 0.2) is 0 Å².